The lowest BCUT2D eigenvalue weighted by Gasteiger charge is -2.33. The summed E-state index contributed by atoms with van der Waals surface area (Å²) in [6.07, 6.45) is 3.08. The molecule has 0 aromatic heterocycles. The zero-order valence-electron chi connectivity index (χ0n) is 12.3. The predicted octanol–water partition coefficient (Wildman–Crippen LogP) is 0.483. The van der Waals surface area contributed by atoms with E-state index >= 15 is 0 Å². The van der Waals surface area contributed by atoms with Crippen LogP contribution in [0.15, 0.2) is 0 Å². The summed E-state index contributed by atoms with van der Waals surface area (Å²) in [7, 11) is -0.823. The van der Waals surface area contributed by atoms with E-state index in [0.29, 0.717) is 31.2 Å². The summed E-state index contributed by atoms with van der Waals surface area (Å²) in [5, 5.41) is 3.71. The van der Waals surface area contributed by atoms with E-state index in [1.165, 1.54) is 6.42 Å². The highest BCUT2D eigenvalue weighted by Gasteiger charge is 2.31. The third-order valence-corrected chi connectivity index (χ3v) is 6.45. The van der Waals surface area contributed by atoms with Crippen LogP contribution in [0.2, 0.25) is 0 Å². The van der Waals surface area contributed by atoms with Crippen molar-refractivity contribution < 1.29 is 8.42 Å². The fraction of sp³-hybridized carbons (Fsp3) is 1.00. The zero-order valence-corrected chi connectivity index (χ0v) is 13.1. The number of likely N-dealkylation sites (tertiary alicyclic amines) is 1. The van der Waals surface area contributed by atoms with Crippen molar-refractivity contribution in [2.45, 2.75) is 51.2 Å². The molecule has 6 heteroatoms. The minimum absolute atomic E-state index is 0.218. The van der Waals surface area contributed by atoms with Gasteiger partial charge in [0.15, 0.2) is 0 Å². The SMILES string of the molecule is CCS(=O)(=O)N1CCC(NC2CC(C)N(C)C2)CC1. The fourth-order valence-corrected chi connectivity index (χ4v) is 4.26. The maximum atomic E-state index is 11.8. The Hall–Kier alpha value is -0.170. The van der Waals surface area contributed by atoms with Crippen molar-refractivity contribution in [3.05, 3.63) is 0 Å². The highest BCUT2D eigenvalue weighted by atomic mass is 32.2. The van der Waals surface area contributed by atoms with Crippen LogP contribution in [0.25, 0.3) is 0 Å². The van der Waals surface area contributed by atoms with Gasteiger partial charge < -0.3 is 10.2 Å². The molecule has 0 aliphatic carbocycles. The minimum atomic E-state index is -2.99. The predicted molar refractivity (Wildman–Crippen MR) is 77.7 cm³/mol. The van der Waals surface area contributed by atoms with E-state index in [1.807, 2.05) is 0 Å². The summed E-state index contributed by atoms with van der Waals surface area (Å²) < 4.78 is 25.2. The van der Waals surface area contributed by atoms with Crippen LogP contribution in [0.1, 0.15) is 33.1 Å². The van der Waals surface area contributed by atoms with Gasteiger partial charge in [-0.3, -0.25) is 0 Å². The lowest BCUT2D eigenvalue weighted by atomic mass is 10.0. The van der Waals surface area contributed by atoms with E-state index in [1.54, 1.807) is 11.2 Å². The summed E-state index contributed by atoms with van der Waals surface area (Å²) in [4.78, 5) is 2.38. The van der Waals surface area contributed by atoms with Gasteiger partial charge in [0.2, 0.25) is 10.0 Å². The smallest absolute Gasteiger partial charge is 0.213 e. The van der Waals surface area contributed by atoms with Crippen molar-refractivity contribution >= 4 is 10.0 Å². The molecule has 2 unspecified atom stereocenters. The molecule has 0 spiro atoms. The average molecular weight is 289 g/mol. The standard InChI is InChI=1S/C13H27N3O2S/c1-4-19(17,18)16-7-5-12(6-8-16)14-13-9-11(2)15(3)10-13/h11-14H,4-10H2,1-3H3. The van der Waals surface area contributed by atoms with Crippen molar-refractivity contribution in [2.24, 2.45) is 0 Å². The number of nitrogens with one attached hydrogen (secondary N) is 1. The molecule has 2 saturated heterocycles. The summed E-state index contributed by atoms with van der Waals surface area (Å²) >= 11 is 0. The Bertz CT molecular complexity index is 381. The largest absolute Gasteiger partial charge is 0.310 e. The molecule has 0 aromatic carbocycles. The maximum Gasteiger partial charge on any atom is 0.213 e. The van der Waals surface area contributed by atoms with Crippen LogP contribution in [0.3, 0.4) is 0 Å². The summed E-state index contributed by atoms with van der Waals surface area (Å²) in [6.45, 7) is 6.43. The molecule has 19 heavy (non-hydrogen) atoms. The number of nitrogens with zero attached hydrogens (tertiary/aromatic N) is 2. The molecule has 0 radical (unpaired) electrons. The molecule has 2 aliphatic heterocycles. The molecule has 0 amide bonds. The molecule has 2 atom stereocenters. The fourth-order valence-electron chi connectivity index (χ4n) is 3.13. The summed E-state index contributed by atoms with van der Waals surface area (Å²) in [5.41, 5.74) is 0. The average Bonchev–Trinajstić information content (AvgIpc) is 2.69. The van der Waals surface area contributed by atoms with Gasteiger partial charge in [-0.2, -0.15) is 0 Å². The van der Waals surface area contributed by atoms with E-state index in [4.69, 9.17) is 0 Å². The van der Waals surface area contributed by atoms with Crippen LogP contribution in [-0.2, 0) is 10.0 Å². The van der Waals surface area contributed by atoms with Crippen molar-refractivity contribution in [3.63, 3.8) is 0 Å². The Kier molecular flexibility index (Phi) is 4.87. The molecule has 0 bridgehead atoms. The highest BCUT2D eigenvalue weighted by Crippen LogP contribution is 2.19. The third-order valence-electron chi connectivity index (χ3n) is 4.57. The zero-order chi connectivity index (χ0) is 14.0. The molecule has 5 nitrogen and oxygen atoms in total. The molecular weight excluding hydrogens is 262 g/mol. The van der Waals surface area contributed by atoms with Crippen LogP contribution in [0.4, 0.5) is 0 Å². The lowest BCUT2D eigenvalue weighted by molar-refractivity contribution is 0.271. The quantitative estimate of drug-likeness (QED) is 0.818. The second-order valence-corrected chi connectivity index (χ2v) is 8.22. The van der Waals surface area contributed by atoms with E-state index < -0.39 is 10.0 Å². The number of likely N-dealkylation sites (N-methyl/N-ethyl adjacent to an activating group) is 1. The van der Waals surface area contributed by atoms with Gasteiger partial charge in [-0.05, 0) is 40.2 Å². The van der Waals surface area contributed by atoms with Gasteiger partial charge in [0, 0.05) is 37.8 Å². The maximum absolute atomic E-state index is 11.8. The van der Waals surface area contributed by atoms with Crippen molar-refractivity contribution in [1.29, 1.82) is 0 Å². The number of hydrogen-bond donors (Lipinski definition) is 1. The van der Waals surface area contributed by atoms with Gasteiger partial charge in [-0.25, -0.2) is 12.7 Å². The van der Waals surface area contributed by atoms with E-state index in [2.05, 4.69) is 24.2 Å². The van der Waals surface area contributed by atoms with Gasteiger partial charge in [-0.1, -0.05) is 0 Å². The first-order valence-corrected chi connectivity index (χ1v) is 8.97. The highest BCUT2D eigenvalue weighted by molar-refractivity contribution is 7.89. The summed E-state index contributed by atoms with van der Waals surface area (Å²) in [5.74, 6) is 0.218. The Morgan fingerprint density at radius 1 is 1.21 bits per heavy atom. The first kappa shape index (κ1) is 15.2. The van der Waals surface area contributed by atoms with E-state index in [0.717, 1.165) is 19.4 Å². The first-order valence-electron chi connectivity index (χ1n) is 7.36. The molecule has 2 fully saturated rings. The molecule has 0 saturated carbocycles. The first-order chi connectivity index (χ1) is 8.92. The normalized spacial score (nSPS) is 31.9. The van der Waals surface area contributed by atoms with Gasteiger partial charge in [0.1, 0.15) is 0 Å². The van der Waals surface area contributed by atoms with Gasteiger partial charge in [-0.15, -0.1) is 0 Å². The number of hydrogen-bond acceptors (Lipinski definition) is 4. The van der Waals surface area contributed by atoms with Crippen molar-refractivity contribution in [2.75, 3.05) is 32.4 Å². The van der Waals surface area contributed by atoms with E-state index in [9.17, 15) is 8.42 Å². The Labute approximate surface area is 117 Å². The Balaban J connectivity index is 1.78. The van der Waals surface area contributed by atoms with Gasteiger partial charge in [0.25, 0.3) is 0 Å². The molecular formula is C13H27N3O2S. The van der Waals surface area contributed by atoms with Crippen LogP contribution in [0, 0.1) is 0 Å². The summed E-state index contributed by atoms with van der Waals surface area (Å²) in [6, 6.07) is 1.70. The molecule has 2 heterocycles. The van der Waals surface area contributed by atoms with Crippen molar-refractivity contribution in [3.8, 4) is 0 Å². The molecule has 0 aromatic rings. The number of sulfonamides is 1. The second-order valence-electron chi connectivity index (χ2n) is 5.96. The van der Waals surface area contributed by atoms with E-state index in [-0.39, 0.29) is 5.75 Å². The third kappa shape index (κ3) is 3.68. The Morgan fingerprint density at radius 2 is 1.84 bits per heavy atom. The van der Waals surface area contributed by atoms with Crippen LogP contribution < -0.4 is 5.32 Å². The second kappa shape index (κ2) is 6.08. The molecule has 1 N–H and O–H groups in total. The van der Waals surface area contributed by atoms with Crippen LogP contribution >= 0.6 is 0 Å². The van der Waals surface area contributed by atoms with Gasteiger partial charge in [0.05, 0.1) is 5.75 Å². The van der Waals surface area contributed by atoms with Crippen LogP contribution in [0.5, 0.6) is 0 Å². The topological polar surface area (TPSA) is 52.7 Å². The number of piperidine rings is 1. The lowest BCUT2D eigenvalue weighted by Crippen LogP contribution is -2.48. The van der Waals surface area contributed by atoms with Crippen molar-refractivity contribution in [1.82, 2.24) is 14.5 Å². The number of rotatable bonds is 4. The Morgan fingerprint density at radius 3 is 2.32 bits per heavy atom. The van der Waals surface area contributed by atoms with Gasteiger partial charge >= 0.3 is 0 Å². The van der Waals surface area contributed by atoms with Crippen LogP contribution in [-0.4, -0.2) is 68.2 Å². The molecule has 112 valence electrons. The molecule has 2 aliphatic rings. The monoisotopic (exact) mass is 289 g/mol. The minimum Gasteiger partial charge on any atom is -0.310 e. The molecule has 2 rings (SSSR count).